The van der Waals surface area contributed by atoms with Gasteiger partial charge < -0.3 is 11.8 Å². The fourth-order valence-electron chi connectivity index (χ4n) is 2.15. The number of hydrogen-bond donors (Lipinski definition) is 3. The Balaban J connectivity index is 0.00000156. The summed E-state index contributed by atoms with van der Waals surface area (Å²) in [4.78, 5) is 28.8. The van der Waals surface area contributed by atoms with Crippen molar-refractivity contribution < 1.29 is 40.9 Å². The topological polar surface area (TPSA) is 95.1 Å². The van der Waals surface area contributed by atoms with Crippen molar-refractivity contribution in [1.29, 1.82) is 0 Å². The average molecular weight is 331 g/mol. The number of anilines is 2. The van der Waals surface area contributed by atoms with Crippen molar-refractivity contribution >= 4 is 17.6 Å². The zero-order chi connectivity index (χ0) is 16.2. The number of carboxylic acids is 1. The van der Waals surface area contributed by atoms with Crippen molar-refractivity contribution in [2.24, 2.45) is 0 Å². The predicted octanol–water partition coefficient (Wildman–Crippen LogP) is -0.00480. The Hall–Kier alpha value is -2.41. The van der Waals surface area contributed by atoms with E-state index in [0.717, 1.165) is 23.0 Å². The summed E-state index contributed by atoms with van der Waals surface area (Å²) < 4.78 is 0. The number of rotatable bonds is 4. The van der Waals surface area contributed by atoms with Crippen LogP contribution >= 0.6 is 0 Å². The number of carboxylic acid groups (broad SMARTS) is 1. The van der Waals surface area contributed by atoms with E-state index in [0.29, 0.717) is 0 Å². The number of carbonyl (C=O) groups is 1. The maximum Gasteiger partial charge on any atom is 1.00 e. The maximum absolute atomic E-state index is 11.6. The molecule has 3 N–H and O–H groups in total. The van der Waals surface area contributed by atoms with Gasteiger partial charge in [-0.05, 0) is 23.3 Å². The van der Waals surface area contributed by atoms with Crippen molar-refractivity contribution in [3.8, 4) is 11.1 Å². The second kappa shape index (κ2) is 7.92. The van der Waals surface area contributed by atoms with Crippen LogP contribution in [0.4, 0.5) is 11.6 Å². The zero-order valence-corrected chi connectivity index (χ0v) is 15.0. The van der Waals surface area contributed by atoms with Crippen molar-refractivity contribution in [3.63, 3.8) is 0 Å². The van der Waals surface area contributed by atoms with Gasteiger partial charge in [-0.3, -0.25) is 9.78 Å². The standard InChI is InChI=1S/C17H13N3O3.Na.H/c21-15-14(16(22)23)10-18-17(20-15)19-13-8-4-7-12(9-13)11-5-2-1-3-6-11;;/h1-10H,(H,22,23)(H2,18,19,20,21);;/q;+1;-1. The number of aromatic carboxylic acids is 1. The molecule has 3 aromatic rings. The van der Waals surface area contributed by atoms with Gasteiger partial charge in [0.15, 0.2) is 0 Å². The Morgan fingerprint density at radius 1 is 1.08 bits per heavy atom. The molecule has 1 heterocycles. The van der Waals surface area contributed by atoms with Gasteiger partial charge in [0.2, 0.25) is 5.95 Å². The Labute approximate surface area is 161 Å². The summed E-state index contributed by atoms with van der Waals surface area (Å²) in [6.45, 7) is 0. The molecule has 0 spiro atoms. The summed E-state index contributed by atoms with van der Waals surface area (Å²) in [5, 5.41) is 11.8. The molecule has 7 heteroatoms. The molecule has 24 heavy (non-hydrogen) atoms. The molecule has 116 valence electrons. The Bertz CT molecular complexity index is 916. The Morgan fingerprint density at radius 3 is 2.46 bits per heavy atom. The summed E-state index contributed by atoms with van der Waals surface area (Å²) in [5.74, 6) is -1.12. The number of nitrogens with zero attached hydrogens (tertiary/aromatic N) is 1. The fourth-order valence-corrected chi connectivity index (χ4v) is 2.15. The monoisotopic (exact) mass is 331 g/mol. The number of aromatic nitrogens is 2. The van der Waals surface area contributed by atoms with Gasteiger partial charge in [0.25, 0.3) is 5.56 Å². The third-order valence-corrected chi connectivity index (χ3v) is 3.26. The van der Waals surface area contributed by atoms with Crippen LogP contribution in [0.5, 0.6) is 0 Å². The molecule has 2 aromatic carbocycles. The first kappa shape index (κ1) is 17.9. The van der Waals surface area contributed by atoms with Crippen molar-refractivity contribution in [2.45, 2.75) is 0 Å². The minimum absolute atomic E-state index is 0. The molecular formula is C17H14N3NaO3. The van der Waals surface area contributed by atoms with Crippen LogP contribution in [0.1, 0.15) is 11.8 Å². The van der Waals surface area contributed by atoms with Crippen LogP contribution in [-0.4, -0.2) is 21.0 Å². The van der Waals surface area contributed by atoms with E-state index in [-0.39, 0.29) is 36.9 Å². The first-order valence-electron chi connectivity index (χ1n) is 6.88. The smallest absolute Gasteiger partial charge is 1.00 e. The Kier molecular flexibility index (Phi) is 5.92. The van der Waals surface area contributed by atoms with Crippen LogP contribution in [0.15, 0.2) is 65.6 Å². The molecule has 0 radical (unpaired) electrons. The number of H-pyrrole nitrogens is 1. The van der Waals surface area contributed by atoms with Crippen LogP contribution < -0.4 is 40.4 Å². The largest absolute Gasteiger partial charge is 1.00 e. The SMILES string of the molecule is O=C(O)c1cnc(Nc2cccc(-c3ccccc3)c2)[nH]c1=O.[H-].[Na+]. The van der Waals surface area contributed by atoms with E-state index >= 15 is 0 Å². The molecule has 0 unspecified atom stereocenters. The van der Waals surface area contributed by atoms with Crippen LogP contribution in [0.25, 0.3) is 11.1 Å². The molecule has 1 aromatic heterocycles. The zero-order valence-electron chi connectivity index (χ0n) is 14.0. The van der Waals surface area contributed by atoms with E-state index in [2.05, 4.69) is 15.3 Å². The van der Waals surface area contributed by atoms with E-state index in [1.165, 1.54) is 0 Å². The molecular weight excluding hydrogens is 317 g/mol. The summed E-state index contributed by atoms with van der Waals surface area (Å²) in [5.41, 5.74) is 1.72. The molecule has 0 amide bonds. The Morgan fingerprint density at radius 2 is 1.79 bits per heavy atom. The van der Waals surface area contributed by atoms with Crippen LogP contribution in [-0.2, 0) is 0 Å². The molecule has 0 saturated carbocycles. The summed E-state index contributed by atoms with van der Waals surface area (Å²) in [6, 6.07) is 17.5. The average Bonchev–Trinajstić information content (AvgIpc) is 2.56. The quantitative estimate of drug-likeness (QED) is 0.585. The van der Waals surface area contributed by atoms with Gasteiger partial charge in [0, 0.05) is 5.69 Å². The van der Waals surface area contributed by atoms with E-state index in [4.69, 9.17) is 5.11 Å². The first-order chi connectivity index (χ1) is 11.1. The number of hydrogen-bond acceptors (Lipinski definition) is 4. The van der Waals surface area contributed by atoms with Gasteiger partial charge in [0.1, 0.15) is 5.56 Å². The molecule has 0 aliphatic rings. The number of aromatic amines is 1. The minimum Gasteiger partial charge on any atom is -1.00 e. The van der Waals surface area contributed by atoms with Gasteiger partial charge in [-0.15, -0.1) is 0 Å². The van der Waals surface area contributed by atoms with Gasteiger partial charge in [-0.1, -0.05) is 42.5 Å². The van der Waals surface area contributed by atoms with Crippen molar-refractivity contribution in [2.75, 3.05) is 5.32 Å². The molecule has 0 atom stereocenters. The maximum atomic E-state index is 11.6. The van der Waals surface area contributed by atoms with E-state index in [1.807, 2.05) is 54.6 Å². The van der Waals surface area contributed by atoms with E-state index in [9.17, 15) is 9.59 Å². The summed E-state index contributed by atoms with van der Waals surface area (Å²) in [7, 11) is 0. The van der Waals surface area contributed by atoms with Crippen LogP contribution in [0.3, 0.4) is 0 Å². The third-order valence-electron chi connectivity index (χ3n) is 3.26. The van der Waals surface area contributed by atoms with Crippen LogP contribution in [0, 0.1) is 0 Å². The predicted molar refractivity (Wildman–Crippen MR) is 88.1 cm³/mol. The second-order valence-electron chi connectivity index (χ2n) is 4.85. The molecule has 0 bridgehead atoms. The summed E-state index contributed by atoms with van der Waals surface area (Å²) in [6.07, 6.45) is 1.03. The third kappa shape index (κ3) is 4.11. The molecule has 0 aliphatic heterocycles. The van der Waals surface area contributed by atoms with Gasteiger partial charge in [-0.25, -0.2) is 9.78 Å². The molecule has 0 fully saturated rings. The normalized spacial score (nSPS) is 9.83. The number of nitrogens with one attached hydrogen (secondary N) is 2. The minimum atomic E-state index is -1.31. The molecule has 3 rings (SSSR count). The van der Waals surface area contributed by atoms with Gasteiger partial charge in [0.05, 0.1) is 6.20 Å². The van der Waals surface area contributed by atoms with Crippen LogP contribution in [0.2, 0.25) is 0 Å². The molecule has 6 nitrogen and oxygen atoms in total. The molecule has 0 saturated heterocycles. The number of benzene rings is 2. The van der Waals surface area contributed by atoms with E-state index < -0.39 is 17.1 Å². The molecule has 0 aliphatic carbocycles. The second-order valence-corrected chi connectivity index (χ2v) is 4.85. The van der Waals surface area contributed by atoms with E-state index in [1.54, 1.807) is 0 Å². The van der Waals surface area contributed by atoms with Gasteiger partial charge in [-0.2, -0.15) is 0 Å². The summed E-state index contributed by atoms with van der Waals surface area (Å²) >= 11 is 0. The fraction of sp³-hybridized carbons (Fsp3) is 0. The van der Waals surface area contributed by atoms with Crippen molar-refractivity contribution in [1.82, 2.24) is 9.97 Å². The first-order valence-corrected chi connectivity index (χ1v) is 6.88. The van der Waals surface area contributed by atoms with Crippen molar-refractivity contribution in [3.05, 3.63) is 76.7 Å². The van der Waals surface area contributed by atoms with Gasteiger partial charge >= 0.3 is 35.5 Å².